The first-order chi connectivity index (χ1) is 11.9. The lowest BCUT2D eigenvalue weighted by molar-refractivity contribution is -0.0657. The van der Waals surface area contributed by atoms with E-state index in [1.165, 1.54) is 6.26 Å². The van der Waals surface area contributed by atoms with Gasteiger partial charge in [0.05, 0.1) is 11.8 Å². The molecule has 4 aliphatic rings. The van der Waals surface area contributed by atoms with E-state index in [1.807, 2.05) is 6.20 Å². The molecule has 4 atom stereocenters. The quantitative estimate of drug-likeness (QED) is 0.784. The van der Waals surface area contributed by atoms with Gasteiger partial charge in [-0.1, -0.05) is 6.92 Å². The van der Waals surface area contributed by atoms with Crippen molar-refractivity contribution in [1.29, 1.82) is 0 Å². The van der Waals surface area contributed by atoms with Gasteiger partial charge in [-0.15, -0.1) is 0 Å². The first-order valence-corrected chi connectivity index (χ1v) is 10.9. The molecule has 2 unspecified atom stereocenters. The molecule has 1 aliphatic carbocycles. The maximum Gasteiger partial charge on any atom is 0.211 e. The van der Waals surface area contributed by atoms with Gasteiger partial charge >= 0.3 is 0 Å². The minimum absolute atomic E-state index is 0.0885. The topological polar surface area (TPSA) is 80.8 Å². The number of nitrogens with zero attached hydrogens (tertiary/aromatic N) is 3. The number of aromatic amines is 1. The number of aromatic nitrogens is 1. The summed E-state index contributed by atoms with van der Waals surface area (Å²) < 4.78 is 26.3. The van der Waals surface area contributed by atoms with Crippen molar-refractivity contribution in [3.63, 3.8) is 0 Å². The highest BCUT2D eigenvalue weighted by molar-refractivity contribution is 7.88. The van der Waals surface area contributed by atoms with Gasteiger partial charge in [-0.25, -0.2) is 13.4 Å². The van der Waals surface area contributed by atoms with Gasteiger partial charge in [-0.05, 0) is 30.7 Å². The maximum atomic E-state index is 12.3. The van der Waals surface area contributed by atoms with Gasteiger partial charge < -0.3 is 15.2 Å². The second kappa shape index (κ2) is 5.01. The molecule has 7 nitrogen and oxygen atoms in total. The molecule has 0 radical (unpaired) electrons. The standard InChI is InChI=1S/C17H25N5O2S/c1-11-7-14-17(11)9-21(6-4-12(17)8-22(14)25(2,23)24)16-13-3-5-18-15(13)19-10-20-16/h3,5,11-12,14,18-19H,4,6-10H2,1-2H3/t11-,12-,14?,17?/m1/s1. The van der Waals surface area contributed by atoms with E-state index in [-0.39, 0.29) is 11.5 Å². The van der Waals surface area contributed by atoms with Crippen LogP contribution in [0.3, 0.4) is 0 Å². The average molecular weight is 363 g/mol. The normalized spacial score (nSPS) is 37.4. The molecule has 0 amide bonds. The SMILES string of the molecule is C[C@@H]1CC2N(S(C)(=O)=O)C[C@H]3CCN(C4=NCNc5[nH]ccc54)CC231. The molecule has 1 spiro atoms. The molecule has 1 aromatic heterocycles. The number of fused-ring (bicyclic) bond motifs is 1. The summed E-state index contributed by atoms with van der Waals surface area (Å²) in [7, 11) is -3.13. The van der Waals surface area contributed by atoms with Crippen LogP contribution in [-0.2, 0) is 10.0 Å². The zero-order chi connectivity index (χ0) is 17.4. The van der Waals surface area contributed by atoms with E-state index in [1.54, 1.807) is 4.31 Å². The highest BCUT2D eigenvalue weighted by atomic mass is 32.2. The van der Waals surface area contributed by atoms with Gasteiger partial charge in [0.2, 0.25) is 10.0 Å². The van der Waals surface area contributed by atoms with Crippen LogP contribution in [0.1, 0.15) is 25.3 Å². The lowest BCUT2D eigenvalue weighted by atomic mass is 9.52. The summed E-state index contributed by atoms with van der Waals surface area (Å²) in [5, 5.41) is 3.27. The van der Waals surface area contributed by atoms with Crippen LogP contribution in [0.15, 0.2) is 17.3 Å². The molecule has 1 aromatic rings. The van der Waals surface area contributed by atoms with Crippen molar-refractivity contribution in [2.24, 2.45) is 22.2 Å². The summed E-state index contributed by atoms with van der Waals surface area (Å²) in [5.41, 5.74) is 1.22. The van der Waals surface area contributed by atoms with E-state index in [0.717, 1.165) is 43.1 Å². The predicted octanol–water partition coefficient (Wildman–Crippen LogP) is 1.14. The van der Waals surface area contributed by atoms with Gasteiger partial charge in [0.25, 0.3) is 0 Å². The van der Waals surface area contributed by atoms with E-state index in [9.17, 15) is 8.42 Å². The zero-order valence-electron chi connectivity index (χ0n) is 14.7. The molecule has 8 heteroatoms. The zero-order valence-corrected chi connectivity index (χ0v) is 15.5. The number of sulfonamides is 1. The van der Waals surface area contributed by atoms with Crippen molar-refractivity contribution >= 4 is 21.7 Å². The van der Waals surface area contributed by atoms with E-state index in [0.29, 0.717) is 25.0 Å². The van der Waals surface area contributed by atoms with Crippen LogP contribution in [0.4, 0.5) is 5.82 Å². The molecule has 0 aromatic carbocycles. The number of aliphatic imine (C=N–C) groups is 1. The summed E-state index contributed by atoms with van der Waals surface area (Å²) in [4.78, 5) is 10.4. The van der Waals surface area contributed by atoms with E-state index in [2.05, 4.69) is 28.2 Å². The third kappa shape index (κ3) is 2.01. The van der Waals surface area contributed by atoms with Crippen LogP contribution in [0.5, 0.6) is 0 Å². The summed E-state index contributed by atoms with van der Waals surface area (Å²) in [6, 6.07) is 2.24. The number of likely N-dealkylation sites (tertiary alicyclic amines) is 1. The number of hydrogen-bond donors (Lipinski definition) is 2. The highest BCUT2D eigenvalue weighted by Crippen LogP contribution is 2.62. The molecule has 4 heterocycles. The fraction of sp³-hybridized carbons (Fsp3) is 0.706. The van der Waals surface area contributed by atoms with Crippen molar-refractivity contribution in [2.45, 2.75) is 25.8 Å². The third-order valence-corrected chi connectivity index (χ3v) is 8.29. The predicted molar refractivity (Wildman–Crippen MR) is 97.1 cm³/mol. The molecular formula is C17H25N5O2S. The molecule has 3 aliphatic heterocycles. The Morgan fingerprint density at radius 2 is 2.24 bits per heavy atom. The first-order valence-electron chi connectivity index (χ1n) is 9.09. The molecule has 136 valence electrons. The van der Waals surface area contributed by atoms with Gasteiger partial charge in [-0.2, -0.15) is 4.31 Å². The number of piperidine rings is 1. The lowest BCUT2D eigenvalue weighted by Gasteiger charge is -2.59. The highest BCUT2D eigenvalue weighted by Gasteiger charge is 2.67. The summed E-state index contributed by atoms with van der Waals surface area (Å²) >= 11 is 0. The van der Waals surface area contributed by atoms with Crippen molar-refractivity contribution in [2.75, 3.05) is 37.9 Å². The number of anilines is 1. The molecule has 2 saturated heterocycles. The first kappa shape index (κ1) is 15.7. The Hall–Kier alpha value is -1.54. The largest absolute Gasteiger partial charge is 0.356 e. The van der Waals surface area contributed by atoms with Crippen LogP contribution < -0.4 is 5.32 Å². The number of H-pyrrole nitrogens is 1. The Morgan fingerprint density at radius 1 is 1.40 bits per heavy atom. The van der Waals surface area contributed by atoms with E-state index < -0.39 is 10.0 Å². The third-order valence-electron chi connectivity index (χ3n) is 7.03. The monoisotopic (exact) mass is 363 g/mol. The number of hydrogen-bond acceptors (Lipinski definition) is 5. The Bertz CT molecular complexity index is 847. The van der Waals surface area contributed by atoms with Crippen LogP contribution in [0.2, 0.25) is 0 Å². The van der Waals surface area contributed by atoms with Gasteiger partial charge in [0, 0.05) is 37.3 Å². The smallest absolute Gasteiger partial charge is 0.211 e. The Balaban J connectivity index is 1.48. The molecule has 1 saturated carbocycles. The molecule has 0 bridgehead atoms. The average Bonchev–Trinajstić information content (AvgIpc) is 3.14. The van der Waals surface area contributed by atoms with Crippen LogP contribution >= 0.6 is 0 Å². The molecule has 3 fully saturated rings. The summed E-state index contributed by atoms with van der Waals surface area (Å²) in [5.74, 6) is 3.12. The van der Waals surface area contributed by atoms with Gasteiger partial charge in [0.1, 0.15) is 18.3 Å². The number of nitrogens with one attached hydrogen (secondary N) is 2. The minimum Gasteiger partial charge on any atom is -0.356 e. The number of rotatable bonds is 1. The molecule has 2 N–H and O–H groups in total. The van der Waals surface area contributed by atoms with Gasteiger partial charge in [-0.3, -0.25) is 0 Å². The summed E-state index contributed by atoms with van der Waals surface area (Å²) in [6.07, 6.45) is 5.33. The Kier molecular flexibility index (Phi) is 3.14. The fourth-order valence-corrected chi connectivity index (χ4v) is 6.98. The van der Waals surface area contributed by atoms with Crippen molar-refractivity contribution in [1.82, 2.24) is 14.2 Å². The summed E-state index contributed by atoms with van der Waals surface area (Å²) in [6.45, 7) is 5.45. The molecular weight excluding hydrogens is 338 g/mol. The Labute approximate surface area is 148 Å². The van der Waals surface area contributed by atoms with E-state index >= 15 is 0 Å². The van der Waals surface area contributed by atoms with Gasteiger partial charge in [0.15, 0.2) is 0 Å². The molecule has 5 rings (SSSR count). The van der Waals surface area contributed by atoms with Crippen molar-refractivity contribution in [3.05, 3.63) is 17.8 Å². The fourth-order valence-electron chi connectivity index (χ4n) is 5.79. The van der Waals surface area contributed by atoms with Crippen molar-refractivity contribution < 1.29 is 8.42 Å². The maximum absolute atomic E-state index is 12.3. The van der Waals surface area contributed by atoms with Crippen molar-refractivity contribution in [3.8, 4) is 0 Å². The Morgan fingerprint density at radius 3 is 3.00 bits per heavy atom. The molecule has 25 heavy (non-hydrogen) atoms. The lowest BCUT2D eigenvalue weighted by Crippen LogP contribution is -2.64. The number of amidine groups is 1. The van der Waals surface area contributed by atoms with Crippen LogP contribution in [-0.4, -0.2) is 67.0 Å². The van der Waals surface area contributed by atoms with Crippen LogP contribution in [0.25, 0.3) is 0 Å². The van der Waals surface area contributed by atoms with Crippen LogP contribution in [0, 0.1) is 17.3 Å². The van der Waals surface area contributed by atoms with E-state index in [4.69, 9.17) is 4.99 Å². The second-order valence-corrected chi connectivity index (χ2v) is 10.0. The minimum atomic E-state index is -3.13. The second-order valence-electron chi connectivity index (χ2n) is 8.09.